The fraction of sp³-hybridized carbons (Fsp3) is 0.571. The minimum Gasteiger partial charge on any atom is -0.337 e. The van der Waals surface area contributed by atoms with Gasteiger partial charge in [0.2, 0.25) is 5.91 Å². The van der Waals surface area contributed by atoms with Gasteiger partial charge in [-0.05, 0) is 18.1 Å². The molecule has 0 spiro atoms. The van der Waals surface area contributed by atoms with Crippen LogP contribution in [0.1, 0.15) is 24.4 Å². The smallest absolute Gasteiger partial charge is 0.222 e. The van der Waals surface area contributed by atoms with Crippen molar-refractivity contribution in [2.45, 2.75) is 24.9 Å². The molecule has 2 atom stereocenters. The number of nitrogens with zero attached hydrogens (tertiary/aromatic N) is 3. The fourth-order valence-corrected chi connectivity index (χ4v) is 3.24. The summed E-state index contributed by atoms with van der Waals surface area (Å²) in [4.78, 5) is 20.3. The minimum absolute atomic E-state index is 0.214. The molecule has 2 fully saturated rings. The Bertz CT molecular complexity index is 450. The second kappa shape index (κ2) is 5.27. The summed E-state index contributed by atoms with van der Waals surface area (Å²) in [6, 6.07) is 4.63. The molecule has 3 rings (SSSR count). The lowest BCUT2D eigenvalue weighted by molar-refractivity contribution is -0.131. The third-order valence-corrected chi connectivity index (χ3v) is 4.26. The van der Waals surface area contributed by atoms with Gasteiger partial charge in [0.15, 0.2) is 0 Å². The summed E-state index contributed by atoms with van der Waals surface area (Å²) < 4.78 is 0. The molecule has 5 heteroatoms. The van der Waals surface area contributed by atoms with Crippen molar-refractivity contribution in [3.05, 3.63) is 30.1 Å². The van der Waals surface area contributed by atoms with E-state index in [9.17, 15) is 4.79 Å². The Morgan fingerprint density at radius 2 is 2.37 bits per heavy atom. The van der Waals surface area contributed by atoms with Gasteiger partial charge in [-0.15, -0.1) is 0 Å². The van der Waals surface area contributed by atoms with Gasteiger partial charge in [0.05, 0.1) is 0 Å². The molecule has 5 nitrogen and oxygen atoms in total. The van der Waals surface area contributed by atoms with Crippen LogP contribution in [0.4, 0.5) is 0 Å². The number of nitrogens with two attached hydrogens (primary N) is 1. The van der Waals surface area contributed by atoms with Crippen LogP contribution < -0.4 is 5.73 Å². The van der Waals surface area contributed by atoms with E-state index < -0.39 is 0 Å². The predicted octanol–water partition coefficient (Wildman–Crippen LogP) is 0.388. The van der Waals surface area contributed by atoms with Crippen molar-refractivity contribution < 1.29 is 4.79 Å². The summed E-state index contributed by atoms with van der Waals surface area (Å²) in [7, 11) is 0. The van der Waals surface area contributed by atoms with Crippen molar-refractivity contribution in [2.75, 3.05) is 26.2 Å². The first-order valence-corrected chi connectivity index (χ1v) is 6.93. The SMILES string of the molecule is NCC(c1cccnc1)N1CCN2C(=O)CCC2C1. The van der Waals surface area contributed by atoms with E-state index in [1.807, 2.05) is 17.2 Å². The molecular weight excluding hydrogens is 240 g/mol. The molecule has 0 aliphatic carbocycles. The van der Waals surface area contributed by atoms with Crippen molar-refractivity contribution >= 4 is 5.91 Å². The summed E-state index contributed by atoms with van der Waals surface area (Å²) in [5.41, 5.74) is 7.12. The molecule has 0 bridgehead atoms. The number of fused-ring (bicyclic) bond motifs is 1. The number of carbonyl (C=O) groups is 1. The monoisotopic (exact) mass is 260 g/mol. The first-order chi connectivity index (χ1) is 9.29. The molecule has 2 aliphatic rings. The van der Waals surface area contributed by atoms with Crippen molar-refractivity contribution in [1.82, 2.24) is 14.8 Å². The van der Waals surface area contributed by atoms with Crippen molar-refractivity contribution in [3.8, 4) is 0 Å². The number of amides is 1. The molecule has 102 valence electrons. The summed E-state index contributed by atoms with van der Waals surface area (Å²) in [6.07, 6.45) is 5.37. The second-order valence-electron chi connectivity index (χ2n) is 5.31. The normalized spacial score (nSPS) is 25.4. The molecule has 0 saturated carbocycles. The van der Waals surface area contributed by atoms with Crippen LogP contribution in [0.2, 0.25) is 0 Å². The Balaban J connectivity index is 1.74. The molecule has 0 aromatic carbocycles. The van der Waals surface area contributed by atoms with Crippen molar-refractivity contribution in [1.29, 1.82) is 0 Å². The highest BCUT2D eigenvalue weighted by Gasteiger charge is 2.37. The Morgan fingerprint density at radius 1 is 1.47 bits per heavy atom. The molecule has 2 saturated heterocycles. The van der Waals surface area contributed by atoms with Crippen LogP contribution in [0.15, 0.2) is 24.5 Å². The van der Waals surface area contributed by atoms with E-state index in [2.05, 4.69) is 16.0 Å². The van der Waals surface area contributed by atoms with Gasteiger partial charge >= 0.3 is 0 Å². The van der Waals surface area contributed by atoms with Crippen LogP contribution in [-0.4, -0.2) is 52.9 Å². The lowest BCUT2D eigenvalue weighted by atomic mass is 10.0. The highest BCUT2D eigenvalue weighted by atomic mass is 16.2. The third kappa shape index (κ3) is 2.35. The summed E-state index contributed by atoms with van der Waals surface area (Å²) >= 11 is 0. The molecule has 1 aromatic heterocycles. The van der Waals surface area contributed by atoms with Gasteiger partial charge in [-0.25, -0.2) is 0 Å². The zero-order valence-electron chi connectivity index (χ0n) is 11.0. The molecular formula is C14H20N4O. The zero-order chi connectivity index (χ0) is 13.2. The summed E-state index contributed by atoms with van der Waals surface area (Å²) in [6.45, 7) is 3.26. The van der Waals surface area contributed by atoms with Crippen molar-refractivity contribution in [2.24, 2.45) is 5.73 Å². The Labute approximate surface area is 113 Å². The zero-order valence-corrected chi connectivity index (χ0v) is 11.0. The largest absolute Gasteiger partial charge is 0.337 e. The number of piperazine rings is 1. The van der Waals surface area contributed by atoms with Gasteiger partial charge in [0, 0.05) is 57.1 Å². The fourth-order valence-electron chi connectivity index (χ4n) is 3.24. The van der Waals surface area contributed by atoms with E-state index in [-0.39, 0.29) is 6.04 Å². The first-order valence-electron chi connectivity index (χ1n) is 6.93. The van der Waals surface area contributed by atoms with Gasteiger partial charge in [-0.2, -0.15) is 0 Å². The topological polar surface area (TPSA) is 62.5 Å². The molecule has 3 heterocycles. The van der Waals surface area contributed by atoms with E-state index in [1.54, 1.807) is 6.20 Å². The minimum atomic E-state index is 0.214. The lowest BCUT2D eigenvalue weighted by Gasteiger charge is -2.41. The maximum Gasteiger partial charge on any atom is 0.222 e. The molecule has 1 amide bonds. The average Bonchev–Trinajstić information content (AvgIpc) is 2.82. The number of rotatable bonds is 3. The van der Waals surface area contributed by atoms with Crippen LogP contribution in [0.3, 0.4) is 0 Å². The molecule has 1 aromatic rings. The lowest BCUT2D eigenvalue weighted by Crippen LogP contribution is -2.53. The quantitative estimate of drug-likeness (QED) is 0.854. The predicted molar refractivity (Wildman–Crippen MR) is 72.3 cm³/mol. The van der Waals surface area contributed by atoms with Crippen LogP contribution in [0, 0.1) is 0 Å². The molecule has 2 N–H and O–H groups in total. The maximum absolute atomic E-state index is 11.7. The van der Waals surface area contributed by atoms with Crippen LogP contribution in [0.5, 0.6) is 0 Å². The van der Waals surface area contributed by atoms with Gasteiger partial charge in [0.1, 0.15) is 0 Å². The standard InChI is InChI=1S/C14H20N4O/c15-8-13(11-2-1-5-16-9-11)17-6-7-18-12(10-17)3-4-14(18)19/h1-2,5,9,12-13H,3-4,6-8,10,15H2. The Kier molecular flexibility index (Phi) is 3.48. The van der Waals surface area contributed by atoms with Gasteiger partial charge in [-0.3, -0.25) is 14.7 Å². The number of pyridine rings is 1. The maximum atomic E-state index is 11.7. The van der Waals surface area contributed by atoms with Crippen LogP contribution in [0.25, 0.3) is 0 Å². The molecule has 0 radical (unpaired) electrons. The van der Waals surface area contributed by atoms with Crippen LogP contribution >= 0.6 is 0 Å². The van der Waals surface area contributed by atoms with E-state index in [0.29, 0.717) is 24.9 Å². The van der Waals surface area contributed by atoms with Gasteiger partial charge in [0.25, 0.3) is 0 Å². The van der Waals surface area contributed by atoms with E-state index in [1.165, 1.54) is 5.56 Å². The molecule has 2 unspecified atom stereocenters. The Morgan fingerprint density at radius 3 is 3.11 bits per heavy atom. The Hall–Kier alpha value is -1.46. The molecule has 19 heavy (non-hydrogen) atoms. The second-order valence-corrected chi connectivity index (χ2v) is 5.31. The van der Waals surface area contributed by atoms with Gasteiger partial charge < -0.3 is 10.6 Å². The number of hydrogen-bond acceptors (Lipinski definition) is 4. The number of carbonyl (C=O) groups excluding carboxylic acids is 1. The number of hydrogen-bond donors (Lipinski definition) is 1. The van der Waals surface area contributed by atoms with E-state index in [0.717, 1.165) is 26.1 Å². The molecule has 2 aliphatic heterocycles. The van der Waals surface area contributed by atoms with Gasteiger partial charge in [-0.1, -0.05) is 6.07 Å². The summed E-state index contributed by atoms with van der Waals surface area (Å²) in [5.74, 6) is 0.315. The van der Waals surface area contributed by atoms with E-state index in [4.69, 9.17) is 5.73 Å². The highest BCUT2D eigenvalue weighted by Crippen LogP contribution is 2.28. The van der Waals surface area contributed by atoms with E-state index >= 15 is 0 Å². The average molecular weight is 260 g/mol. The first kappa shape index (κ1) is 12.6. The summed E-state index contributed by atoms with van der Waals surface area (Å²) in [5, 5.41) is 0. The van der Waals surface area contributed by atoms with Crippen LogP contribution in [-0.2, 0) is 4.79 Å². The highest BCUT2D eigenvalue weighted by molar-refractivity contribution is 5.78. The third-order valence-electron chi connectivity index (χ3n) is 4.26. The van der Waals surface area contributed by atoms with Crippen molar-refractivity contribution in [3.63, 3.8) is 0 Å². The number of aromatic nitrogens is 1.